The van der Waals surface area contributed by atoms with Crippen molar-refractivity contribution < 1.29 is 0 Å². The van der Waals surface area contributed by atoms with E-state index in [9.17, 15) is 0 Å². The molecule has 0 amide bonds. The van der Waals surface area contributed by atoms with E-state index >= 15 is 0 Å². The third-order valence-electron chi connectivity index (χ3n) is 1.46. The number of hydrogen-bond donors (Lipinski definition) is 2. The van der Waals surface area contributed by atoms with Crippen LogP contribution in [0.25, 0.3) is 0 Å². The minimum absolute atomic E-state index is 0.581. The van der Waals surface area contributed by atoms with E-state index in [0.717, 1.165) is 15.7 Å². The van der Waals surface area contributed by atoms with E-state index in [1.807, 2.05) is 6.07 Å². The van der Waals surface area contributed by atoms with Crippen LogP contribution in [0.5, 0.6) is 0 Å². The molecule has 2 nitrogen and oxygen atoms in total. The highest BCUT2D eigenvalue weighted by molar-refractivity contribution is 14.2. The van der Waals surface area contributed by atoms with Crippen molar-refractivity contribution in [2.45, 2.75) is 0 Å². The Kier molecular flexibility index (Phi) is 4.94. The molecule has 0 radical (unpaired) electrons. The van der Waals surface area contributed by atoms with Crippen LogP contribution in [0.2, 0.25) is 5.02 Å². The Labute approximate surface area is 105 Å². The van der Waals surface area contributed by atoms with E-state index in [-0.39, 0.29) is 0 Å². The van der Waals surface area contributed by atoms with Gasteiger partial charge < -0.3 is 10.5 Å². The number of halogens is 3. The monoisotopic (exact) mass is 390 g/mol. The van der Waals surface area contributed by atoms with Gasteiger partial charge in [0.15, 0.2) is 0 Å². The summed E-state index contributed by atoms with van der Waals surface area (Å²) in [7, 11) is 0. The molecule has 6 heteroatoms. The summed E-state index contributed by atoms with van der Waals surface area (Å²) in [5.41, 5.74) is 1.72. The molecule has 2 N–H and O–H groups in total. The molecule has 1 unspecified atom stereocenters. The van der Waals surface area contributed by atoms with Gasteiger partial charge in [-0.05, 0) is 50.1 Å². The van der Waals surface area contributed by atoms with Gasteiger partial charge in [0.25, 0.3) is 0 Å². The highest BCUT2D eigenvalue weighted by atomic mass is 127. The van der Waals surface area contributed by atoms with Crippen LogP contribution in [-0.4, -0.2) is 6.21 Å². The van der Waals surface area contributed by atoms with Crippen molar-refractivity contribution in [3.8, 4) is 0 Å². The van der Waals surface area contributed by atoms with E-state index in [0.29, 0.717) is 11.4 Å². The Hall–Kier alpha value is 0.620. The summed E-state index contributed by atoms with van der Waals surface area (Å²) in [4.78, 5) is 0. The van der Waals surface area contributed by atoms with Gasteiger partial charge in [0.1, 0.15) is 0 Å². The van der Waals surface area contributed by atoms with Crippen LogP contribution in [0.3, 0.4) is 0 Å². The molecule has 0 aliphatic carbocycles. The molecule has 0 fully saturated rings. The molecular formula is C7H6BrClIN2P. The van der Waals surface area contributed by atoms with Gasteiger partial charge in [-0.25, -0.2) is 0 Å². The summed E-state index contributed by atoms with van der Waals surface area (Å²) >= 11 is 11.5. The number of rotatable bonds is 3. The van der Waals surface area contributed by atoms with Crippen molar-refractivity contribution in [1.82, 2.24) is 0 Å². The molecule has 1 aromatic rings. The van der Waals surface area contributed by atoms with Crippen LogP contribution in [0.4, 0.5) is 5.69 Å². The molecule has 0 aliphatic rings. The number of anilines is 1. The average Bonchev–Trinajstić information content (AvgIpc) is 2.12. The first kappa shape index (κ1) is 11.7. The van der Waals surface area contributed by atoms with Gasteiger partial charge in [0, 0.05) is 28.3 Å². The zero-order chi connectivity index (χ0) is 9.84. The van der Waals surface area contributed by atoms with E-state index in [4.69, 9.17) is 17.0 Å². The van der Waals surface area contributed by atoms with Gasteiger partial charge in [-0.3, -0.25) is 0 Å². The number of hydrogen-bond acceptors (Lipinski definition) is 2. The maximum atomic E-state index is 7.25. The van der Waals surface area contributed by atoms with E-state index in [2.05, 4.69) is 43.1 Å². The average molecular weight is 391 g/mol. The first-order chi connectivity index (χ1) is 6.20. The second-order valence-electron chi connectivity index (χ2n) is 2.19. The Morgan fingerprint density at radius 3 is 2.85 bits per heavy atom. The van der Waals surface area contributed by atoms with Crippen LogP contribution in [-0.2, 0) is 0 Å². The molecule has 0 saturated carbocycles. The zero-order valence-electron chi connectivity index (χ0n) is 6.37. The molecule has 1 atom stereocenters. The molecule has 0 saturated heterocycles. The SMILES string of the molecule is N=Cc1c(NPI)ccc(Cl)c1Br. The summed E-state index contributed by atoms with van der Waals surface area (Å²) in [6.45, 7) is 0. The summed E-state index contributed by atoms with van der Waals surface area (Å²) in [5, 5.41) is 11.0. The van der Waals surface area contributed by atoms with Gasteiger partial charge in [0.2, 0.25) is 0 Å². The maximum absolute atomic E-state index is 7.25. The van der Waals surface area contributed by atoms with Crippen LogP contribution in [0.15, 0.2) is 16.6 Å². The highest BCUT2D eigenvalue weighted by Gasteiger charge is 2.07. The Morgan fingerprint density at radius 2 is 2.31 bits per heavy atom. The normalized spacial score (nSPS) is 10.7. The molecule has 1 rings (SSSR count). The molecule has 0 heterocycles. The fourth-order valence-electron chi connectivity index (χ4n) is 0.867. The van der Waals surface area contributed by atoms with Crippen molar-refractivity contribution in [2.24, 2.45) is 0 Å². The van der Waals surface area contributed by atoms with Gasteiger partial charge >= 0.3 is 0 Å². The second-order valence-corrected chi connectivity index (χ2v) is 5.44. The lowest BCUT2D eigenvalue weighted by molar-refractivity contribution is 1.52. The lowest BCUT2D eigenvalue weighted by Gasteiger charge is -2.08. The largest absolute Gasteiger partial charge is 0.358 e. The van der Waals surface area contributed by atoms with E-state index < -0.39 is 0 Å². The van der Waals surface area contributed by atoms with Crippen LogP contribution in [0, 0.1) is 5.41 Å². The molecule has 1 aromatic carbocycles. The molecule has 0 bridgehead atoms. The van der Waals surface area contributed by atoms with Gasteiger partial charge in [0.05, 0.1) is 5.02 Å². The third kappa shape index (κ3) is 2.78. The second kappa shape index (κ2) is 5.49. The summed E-state index contributed by atoms with van der Waals surface area (Å²) in [5.74, 6) is 0. The molecular weight excluding hydrogens is 385 g/mol. The molecule has 0 aliphatic heterocycles. The van der Waals surface area contributed by atoms with Crippen molar-refractivity contribution in [2.75, 3.05) is 5.09 Å². The maximum Gasteiger partial charge on any atom is 0.0556 e. The minimum Gasteiger partial charge on any atom is -0.358 e. The predicted octanol–water partition coefficient (Wildman–Crippen LogP) is 4.46. The number of benzene rings is 1. The fourth-order valence-corrected chi connectivity index (χ4v) is 2.68. The number of nitrogens with one attached hydrogen (secondary N) is 2. The predicted molar refractivity (Wildman–Crippen MR) is 73.0 cm³/mol. The topological polar surface area (TPSA) is 35.9 Å². The van der Waals surface area contributed by atoms with Gasteiger partial charge in [-0.1, -0.05) is 11.6 Å². The lowest BCUT2D eigenvalue weighted by atomic mass is 10.2. The van der Waals surface area contributed by atoms with Gasteiger partial charge in [-0.2, -0.15) is 0 Å². The minimum atomic E-state index is 0.581. The van der Waals surface area contributed by atoms with Crippen LogP contribution in [0.1, 0.15) is 5.56 Å². The third-order valence-corrected chi connectivity index (χ3v) is 4.03. The first-order valence-corrected chi connectivity index (χ1v) is 8.59. The standard InChI is InChI=1S/C7H6BrClIN2P/c8-7-4(3-11)6(12-13-10)2-1-5(7)9/h1-3,11-13H. The zero-order valence-corrected chi connectivity index (χ0v) is 11.9. The molecule has 13 heavy (non-hydrogen) atoms. The summed E-state index contributed by atoms with van der Waals surface area (Å²) in [6, 6.07) is 3.68. The van der Waals surface area contributed by atoms with Crippen molar-refractivity contribution >= 4 is 67.8 Å². The van der Waals surface area contributed by atoms with E-state index in [1.54, 1.807) is 6.07 Å². The molecule has 0 aromatic heterocycles. The first-order valence-electron chi connectivity index (χ1n) is 3.30. The molecule has 0 spiro atoms. The van der Waals surface area contributed by atoms with Crippen molar-refractivity contribution in [1.29, 1.82) is 5.41 Å². The Balaban J connectivity index is 3.21. The Bertz CT molecular complexity index is 335. The van der Waals surface area contributed by atoms with Crippen molar-refractivity contribution in [3.05, 3.63) is 27.2 Å². The highest BCUT2D eigenvalue weighted by Crippen LogP contribution is 2.34. The fraction of sp³-hybridized carbons (Fsp3) is 0. The Morgan fingerprint density at radius 1 is 1.62 bits per heavy atom. The molecule has 70 valence electrons. The van der Waals surface area contributed by atoms with Crippen molar-refractivity contribution in [3.63, 3.8) is 0 Å². The lowest BCUT2D eigenvalue weighted by Crippen LogP contribution is -1.91. The van der Waals surface area contributed by atoms with Crippen LogP contribution >= 0.6 is 55.9 Å². The van der Waals surface area contributed by atoms with Gasteiger partial charge in [-0.15, -0.1) is 0 Å². The van der Waals surface area contributed by atoms with Crippen LogP contribution < -0.4 is 5.09 Å². The summed E-state index contributed by atoms with van der Waals surface area (Å²) in [6.07, 6.45) is 1.87. The van der Waals surface area contributed by atoms with E-state index in [1.165, 1.54) is 6.21 Å². The smallest absolute Gasteiger partial charge is 0.0556 e. The quantitative estimate of drug-likeness (QED) is 0.446. The summed E-state index contributed by atoms with van der Waals surface area (Å²) < 4.78 is 0.767.